The first-order chi connectivity index (χ1) is 8.31. The number of rotatable bonds is 4. The topological polar surface area (TPSA) is 56.0 Å². The van der Waals surface area contributed by atoms with E-state index in [0.29, 0.717) is 26.1 Å². The highest BCUT2D eigenvalue weighted by atomic mass is 32.1. The van der Waals surface area contributed by atoms with E-state index >= 15 is 0 Å². The highest BCUT2D eigenvalue weighted by molar-refractivity contribution is 7.15. The average molecular weight is 254 g/mol. The molecule has 0 bridgehead atoms. The summed E-state index contributed by atoms with van der Waals surface area (Å²) in [5.74, 6) is 0. The summed E-state index contributed by atoms with van der Waals surface area (Å²) in [5, 5.41) is 11.9. The van der Waals surface area contributed by atoms with Crippen molar-refractivity contribution in [1.82, 2.24) is 9.38 Å². The molecule has 3 heterocycles. The molecule has 0 aliphatic carbocycles. The van der Waals surface area contributed by atoms with E-state index in [-0.39, 0.29) is 6.29 Å². The summed E-state index contributed by atoms with van der Waals surface area (Å²) in [6.07, 6.45) is 4.23. The van der Waals surface area contributed by atoms with E-state index in [1.165, 1.54) is 0 Å². The number of fused-ring (bicyclic) bond motifs is 1. The van der Waals surface area contributed by atoms with Crippen LogP contribution >= 0.6 is 11.3 Å². The van der Waals surface area contributed by atoms with Crippen molar-refractivity contribution in [3.8, 4) is 0 Å². The minimum absolute atomic E-state index is 0.256. The number of nitrogens with zero attached hydrogens (tertiary/aromatic N) is 2. The molecule has 2 aromatic heterocycles. The fourth-order valence-corrected chi connectivity index (χ4v) is 2.68. The number of ether oxygens (including phenoxy) is 2. The van der Waals surface area contributed by atoms with Crippen LogP contribution in [-0.2, 0) is 15.9 Å². The monoisotopic (exact) mass is 254 g/mol. The van der Waals surface area contributed by atoms with E-state index in [1.54, 1.807) is 11.3 Å². The maximum atomic E-state index is 9.92. The van der Waals surface area contributed by atoms with Crippen LogP contribution in [-0.4, -0.2) is 40.1 Å². The Labute approximate surface area is 103 Å². The summed E-state index contributed by atoms with van der Waals surface area (Å²) in [6.45, 7) is 1.25. The molecule has 1 aliphatic rings. The molecular weight excluding hydrogens is 240 g/mol. The SMILES string of the molecule is OC(Cc1cn2ccsc2n1)CC1OCCO1. The predicted molar refractivity (Wildman–Crippen MR) is 63.1 cm³/mol. The second-order valence-electron chi connectivity index (χ2n) is 4.09. The summed E-state index contributed by atoms with van der Waals surface area (Å²) >= 11 is 1.59. The van der Waals surface area contributed by atoms with Gasteiger partial charge in [0.1, 0.15) is 0 Å². The van der Waals surface area contributed by atoms with Gasteiger partial charge in [-0.1, -0.05) is 0 Å². The van der Waals surface area contributed by atoms with Crippen LogP contribution in [0.1, 0.15) is 12.1 Å². The third-order valence-corrected chi connectivity index (χ3v) is 3.51. The molecule has 1 atom stereocenters. The lowest BCUT2D eigenvalue weighted by molar-refractivity contribution is -0.0699. The second kappa shape index (κ2) is 4.73. The maximum absolute atomic E-state index is 9.92. The molecule has 0 aromatic carbocycles. The smallest absolute Gasteiger partial charge is 0.193 e. The number of hydrogen-bond acceptors (Lipinski definition) is 5. The van der Waals surface area contributed by atoms with Crippen LogP contribution in [0, 0.1) is 0 Å². The number of thiazole rings is 1. The third kappa shape index (κ3) is 2.50. The Morgan fingerprint density at radius 1 is 1.53 bits per heavy atom. The van der Waals surface area contributed by atoms with Crippen LogP contribution in [0.3, 0.4) is 0 Å². The molecule has 3 rings (SSSR count). The Morgan fingerprint density at radius 3 is 3.12 bits per heavy atom. The number of aliphatic hydroxyl groups excluding tert-OH is 1. The Hall–Kier alpha value is -0.950. The highest BCUT2D eigenvalue weighted by Gasteiger charge is 2.20. The van der Waals surface area contributed by atoms with Gasteiger partial charge in [-0.25, -0.2) is 4.98 Å². The summed E-state index contributed by atoms with van der Waals surface area (Å²) < 4.78 is 12.6. The Bertz CT molecular complexity index is 461. The molecule has 1 N–H and O–H groups in total. The molecule has 1 unspecified atom stereocenters. The van der Waals surface area contributed by atoms with Crippen molar-refractivity contribution >= 4 is 16.3 Å². The third-order valence-electron chi connectivity index (χ3n) is 2.74. The van der Waals surface area contributed by atoms with Crippen molar-refractivity contribution in [1.29, 1.82) is 0 Å². The average Bonchev–Trinajstić information content (AvgIpc) is 2.92. The van der Waals surface area contributed by atoms with Crippen LogP contribution in [0.5, 0.6) is 0 Å². The molecule has 17 heavy (non-hydrogen) atoms. The van der Waals surface area contributed by atoms with Gasteiger partial charge in [0.2, 0.25) is 0 Å². The lowest BCUT2D eigenvalue weighted by Crippen LogP contribution is -2.20. The van der Waals surface area contributed by atoms with Crippen LogP contribution in [0.2, 0.25) is 0 Å². The van der Waals surface area contributed by atoms with Crippen molar-refractivity contribution < 1.29 is 14.6 Å². The van der Waals surface area contributed by atoms with Gasteiger partial charge in [0.15, 0.2) is 11.3 Å². The van der Waals surface area contributed by atoms with Crippen molar-refractivity contribution in [2.75, 3.05) is 13.2 Å². The van der Waals surface area contributed by atoms with E-state index in [1.807, 2.05) is 22.2 Å². The quantitative estimate of drug-likeness (QED) is 0.886. The number of hydrogen-bond donors (Lipinski definition) is 1. The zero-order valence-electron chi connectivity index (χ0n) is 9.28. The fraction of sp³-hybridized carbons (Fsp3) is 0.545. The molecule has 1 saturated heterocycles. The number of aliphatic hydroxyl groups is 1. The molecule has 1 aliphatic heterocycles. The summed E-state index contributed by atoms with van der Waals surface area (Å²) in [5.41, 5.74) is 0.905. The van der Waals surface area contributed by atoms with Crippen molar-refractivity contribution in [2.45, 2.75) is 25.2 Å². The van der Waals surface area contributed by atoms with Gasteiger partial charge < -0.3 is 14.6 Å². The van der Waals surface area contributed by atoms with Gasteiger partial charge in [0, 0.05) is 30.6 Å². The van der Waals surface area contributed by atoms with Gasteiger partial charge in [0.25, 0.3) is 0 Å². The van der Waals surface area contributed by atoms with E-state index in [4.69, 9.17) is 9.47 Å². The van der Waals surface area contributed by atoms with Crippen molar-refractivity contribution in [3.63, 3.8) is 0 Å². The molecule has 0 saturated carbocycles. The summed E-state index contributed by atoms with van der Waals surface area (Å²) in [4.78, 5) is 5.39. The van der Waals surface area contributed by atoms with E-state index in [0.717, 1.165) is 10.7 Å². The molecule has 5 nitrogen and oxygen atoms in total. The van der Waals surface area contributed by atoms with Gasteiger partial charge in [-0.15, -0.1) is 11.3 Å². The predicted octanol–water partition coefficient (Wildman–Crippen LogP) is 1.06. The lowest BCUT2D eigenvalue weighted by atomic mass is 10.1. The highest BCUT2D eigenvalue weighted by Crippen LogP contribution is 2.16. The molecule has 6 heteroatoms. The van der Waals surface area contributed by atoms with Crippen LogP contribution < -0.4 is 0 Å². The van der Waals surface area contributed by atoms with Crippen LogP contribution in [0.15, 0.2) is 17.8 Å². The first kappa shape index (κ1) is 11.2. The van der Waals surface area contributed by atoms with Gasteiger partial charge in [0.05, 0.1) is 25.0 Å². The Balaban J connectivity index is 1.60. The van der Waals surface area contributed by atoms with E-state index < -0.39 is 6.10 Å². The normalized spacial score (nSPS) is 19.1. The Kier molecular flexibility index (Phi) is 3.11. The van der Waals surface area contributed by atoms with Gasteiger partial charge in [-0.3, -0.25) is 4.40 Å². The molecule has 92 valence electrons. The maximum Gasteiger partial charge on any atom is 0.193 e. The number of imidazole rings is 1. The van der Waals surface area contributed by atoms with E-state index in [2.05, 4.69) is 4.98 Å². The van der Waals surface area contributed by atoms with Gasteiger partial charge in [-0.2, -0.15) is 0 Å². The molecule has 0 radical (unpaired) electrons. The lowest BCUT2D eigenvalue weighted by Gasteiger charge is -2.13. The van der Waals surface area contributed by atoms with Gasteiger partial charge in [-0.05, 0) is 0 Å². The first-order valence-electron chi connectivity index (χ1n) is 5.63. The second-order valence-corrected chi connectivity index (χ2v) is 4.96. The summed E-state index contributed by atoms with van der Waals surface area (Å²) in [7, 11) is 0. The zero-order chi connectivity index (χ0) is 11.7. The summed E-state index contributed by atoms with van der Waals surface area (Å²) in [6, 6.07) is 0. The van der Waals surface area contributed by atoms with E-state index in [9.17, 15) is 5.11 Å². The zero-order valence-corrected chi connectivity index (χ0v) is 10.1. The molecular formula is C11H14N2O3S. The number of aromatic nitrogens is 2. The van der Waals surface area contributed by atoms with Crippen LogP contribution in [0.25, 0.3) is 4.96 Å². The minimum Gasteiger partial charge on any atom is -0.393 e. The molecule has 0 spiro atoms. The largest absolute Gasteiger partial charge is 0.393 e. The fourth-order valence-electron chi connectivity index (χ4n) is 1.96. The first-order valence-corrected chi connectivity index (χ1v) is 6.51. The van der Waals surface area contributed by atoms with Crippen molar-refractivity contribution in [2.24, 2.45) is 0 Å². The molecule has 2 aromatic rings. The van der Waals surface area contributed by atoms with Gasteiger partial charge >= 0.3 is 0 Å². The van der Waals surface area contributed by atoms with Crippen molar-refractivity contribution in [3.05, 3.63) is 23.5 Å². The van der Waals surface area contributed by atoms with Crippen LogP contribution in [0.4, 0.5) is 0 Å². The molecule has 0 amide bonds. The molecule has 1 fully saturated rings. The minimum atomic E-state index is -0.470. The Morgan fingerprint density at radius 2 is 2.35 bits per heavy atom. The standard InChI is InChI=1S/C11H14N2O3S/c14-9(6-10-15-2-3-16-10)5-8-7-13-1-4-17-11(13)12-8/h1,4,7,9-10,14H,2-3,5-6H2.